The number of nitrogens with zero attached hydrogens (tertiary/aromatic N) is 1. The first-order valence-corrected chi connectivity index (χ1v) is 3.82. The van der Waals surface area contributed by atoms with E-state index < -0.39 is 5.54 Å². The van der Waals surface area contributed by atoms with Gasteiger partial charge in [0.2, 0.25) is 0 Å². The van der Waals surface area contributed by atoms with Gasteiger partial charge in [0, 0.05) is 6.54 Å². The summed E-state index contributed by atoms with van der Waals surface area (Å²) in [5.41, 5.74) is -0.454. The standard InChI is InChI=1S/C7H11N3O/c1-5-9-6(11)7(10-5)2-3-8-4-7/h8H,2-4H2,1H3,(H,9,10,11). The lowest BCUT2D eigenvalue weighted by atomic mass is 10.00. The predicted molar refractivity (Wildman–Crippen MR) is 41.5 cm³/mol. The van der Waals surface area contributed by atoms with E-state index in [2.05, 4.69) is 15.6 Å². The molecule has 2 aliphatic heterocycles. The lowest BCUT2D eigenvalue weighted by molar-refractivity contribution is -0.123. The van der Waals surface area contributed by atoms with Crippen molar-refractivity contribution in [3.05, 3.63) is 0 Å². The van der Waals surface area contributed by atoms with Gasteiger partial charge in [-0.05, 0) is 19.9 Å². The number of carbonyl (C=O) groups is 1. The van der Waals surface area contributed by atoms with Crippen LogP contribution in [-0.2, 0) is 4.79 Å². The number of amidine groups is 1. The molecule has 11 heavy (non-hydrogen) atoms. The molecule has 1 fully saturated rings. The van der Waals surface area contributed by atoms with Crippen molar-refractivity contribution in [1.29, 1.82) is 0 Å². The van der Waals surface area contributed by atoms with Crippen LogP contribution in [0.4, 0.5) is 0 Å². The van der Waals surface area contributed by atoms with Crippen molar-refractivity contribution < 1.29 is 4.79 Å². The van der Waals surface area contributed by atoms with Gasteiger partial charge in [-0.15, -0.1) is 0 Å². The third kappa shape index (κ3) is 0.860. The molecule has 0 aromatic carbocycles. The van der Waals surface area contributed by atoms with Crippen molar-refractivity contribution >= 4 is 11.7 Å². The first-order chi connectivity index (χ1) is 5.23. The molecule has 0 aliphatic carbocycles. The summed E-state index contributed by atoms with van der Waals surface area (Å²) in [5.74, 6) is 0.804. The summed E-state index contributed by atoms with van der Waals surface area (Å²) in [6.07, 6.45) is 0.830. The number of hydrogen-bond acceptors (Lipinski definition) is 3. The van der Waals surface area contributed by atoms with Gasteiger partial charge in [0.1, 0.15) is 5.84 Å². The van der Waals surface area contributed by atoms with Crippen molar-refractivity contribution in [1.82, 2.24) is 10.6 Å². The van der Waals surface area contributed by atoms with E-state index in [-0.39, 0.29) is 5.91 Å². The Kier molecular flexibility index (Phi) is 1.26. The van der Waals surface area contributed by atoms with Gasteiger partial charge in [0.05, 0.1) is 0 Å². The van der Waals surface area contributed by atoms with Gasteiger partial charge in [-0.2, -0.15) is 0 Å². The number of nitrogens with one attached hydrogen (secondary N) is 2. The maximum atomic E-state index is 11.3. The van der Waals surface area contributed by atoms with Gasteiger partial charge in [-0.25, -0.2) is 0 Å². The zero-order valence-corrected chi connectivity index (χ0v) is 6.48. The molecule has 0 saturated carbocycles. The number of hydrogen-bond donors (Lipinski definition) is 2. The van der Waals surface area contributed by atoms with Crippen molar-refractivity contribution in [3.8, 4) is 0 Å². The second kappa shape index (κ2) is 2.04. The Morgan fingerprint density at radius 1 is 1.64 bits per heavy atom. The number of carbonyl (C=O) groups excluding carboxylic acids is 1. The maximum absolute atomic E-state index is 11.3. The van der Waals surface area contributed by atoms with Crippen LogP contribution in [0.3, 0.4) is 0 Å². The van der Waals surface area contributed by atoms with E-state index >= 15 is 0 Å². The zero-order valence-electron chi connectivity index (χ0n) is 6.48. The molecule has 0 aromatic heterocycles. The van der Waals surface area contributed by atoms with Gasteiger partial charge in [0.25, 0.3) is 5.91 Å². The number of amides is 1. The highest BCUT2D eigenvalue weighted by Crippen LogP contribution is 2.23. The zero-order chi connectivity index (χ0) is 7.90. The molecule has 2 N–H and O–H groups in total. The molecule has 0 radical (unpaired) electrons. The first kappa shape index (κ1) is 6.79. The summed E-state index contributed by atoms with van der Waals surface area (Å²) in [4.78, 5) is 15.6. The Morgan fingerprint density at radius 3 is 2.91 bits per heavy atom. The van der Waals surface area contributed by atoms with Gasteiger partial charge in [-0.1, -0.05) is 0 Å². The molecule has 1 amide bonds. The van der Waals surface area contributed by atoms with Crippen LogP contribution < -0.4 is 10.6 Å². The van der Waals surface area contributed by atoms with Crippen LogP contribution >= 0.6 is 0 Å². The molecule has 1 unspecified atom stereocenters. The number of aliphatic imine (C=N–C) groups is 1. The molecule has 2 aliphatic rings. The maximum Gasteiger partial charge on any atom is 0.254 e. The van der Waals surface area contributed by atoms with Crippen LogP contribution in [0.25, 0.3) is 0 Å². The second-order valence-electron chi connectivity index (χ2n) is 3.11. The van der Waals surface area contributed by atoms with Gasteiger partial charge in [0.15, 0.2) is 5.54 Å². The Hall–Kier alpha value is -0.900. The summed E-state index contributed by atoms with van der Waals surface area (Å²) in [7, 11) is 0. The van der Waals surface area contributed by atoms with Crippen molar-refractivity contribution in [2.75, 3.05) is 13.1 Å². The summed E-state index contributed by atoms with van der Waals surface area (Å²) in [6.45, 7) is 3.41. The van der Waals surface area contributed by atoms with Gasteiger partial charge in [-0.3, -0.25) is 9.79 Å². The van der Waals surface area contributed by atoms with Crippen LogP contribution in [0.1, 0.15) is 13.3 Å². The summed E-state index contributed by atoms with van der Waals surface area (Å²) < 4.78 is 0. The fraction of sp³-hybridized carbons (Fsp3) is 0.714. The molecule has 1 spiro atoms. The summed E-state index contributed by atoms with van der Waals surface area (Å²) in [5, 5.41) is 5.86. The third-order valence-corrected chi connectivity index (χ3v) is 2.23. The normalized spacial score (nSPS) is 36.1. The average molecular weight is 153 g/mol. The van der Waals surface area contributed by atoms with E-state index in [1.54, 1.807) is 0 Å². The lowest BCUT2D eigenvalue weighted by Gasteiger charge is -2.13. The van der Waals surface area contributed by atoms with Crippen LogP contribution in [0.2, 0.25) is 0 Å². The Balaban J connectivity index is 2.30. The minimum atomic E-state index is -0.454. The fourth-order valence-electron chi connectivity index (χ4n) is 1.65. The Labute approximate surface area is 65.1 Å². The molecule has 2 heterocycles. The topological polar surface area (TPSA) is 53.5 Å². The Morgan fingerprint density at radius 2 is 2.45 bits per heavy atom. The summed E-state index contributed by atoms with van der Waals surface area (Å²) in [6, 6.07) is 0. The highest BCUT2D eigenvalue weighted by molar-refractivity contribution is 6.07. The highest BCUT2D eigenvalue weighted by Gasteiger charge is 2.44. The third-order valence-electron chi connectivity index (χ3n) is 2.23. The number of rotatable bonds is 0. The van der Waals surface area contributed by atoms with E-state index in [1.807, 2.05) is 6.92 Å². The predicted octanol–water partition coefficient (Wildman–Crippen LogP) is -0.733. The molecule has 0 aromatic rings. The second-order valence-corrected chi connectivity index (χ2v) is 3.11. The lowest BCUT2D eigenvalue weighted by Crippen LogP contribution is -2.41. The van der Waals surface area contributed by atoms with E-state index in [0.29, 0.717) is 6.54 Å². The van der Waals surface area contributed by atoms with E-state index in [0.717, 1.165) is 18.8 Å². The molecule has 2 rings (SSSR count). The van der Waals surface area contributed by atoms with Gasteiger partial charge < -0.3 is 10.6 Å². The molecule has 1 atom stereocenters. The Bertz CT molecular complexity index is 228. The van der Waals surface area contributed by atoms with Crippen molar-refractivity contribution in [3.63, 3.8) is 0 Å². The minimum absolute atomic E-state index is 0.0556. The molecule has 60 valence electrons. The molecular formula is C7H11N3O. The fourth-order valence-corrected chi connectivity index (χ4v) is 1.65. The SMILES string of the molecule is CC1=NC2(CCNC2)C(=O)N1. The van der Waals surface area contributed by atoms with Crippen LogP contribution in [0, 0.1) is 0 Å². The molecule has 1 saturated heterocycles. The molecular weight excluding hydrogens is 142 g/mol. The highest BCUT2D eigenvalue weighted by atomic mass is 16.2. The van der Waals surface area contributed by atoms with E-state index in [9.17, 15) is 4.79 Å². The summed E-state index contributed by atoms with van der Waals surface area (Å²) >= 11 is 0. The average Bonchev–Trinajstić information content (AvgIpc) is 2.45. The van der Waals surface area contributed by atoms with Crippen LogP contribution in [-0.4, -0.2) is 30.4 Å². The van der Waals surface area contributed by atoms with Crippen LogP contribution in [0.5, 0.6) is 0 Å². The largest absolute Gasteiger partial charge is 0.314 e. The van der Waals surface area contributed by atoms with Crippen LogP contribution in [0.15, 0.2) is 4.99 Å². The molecule has 4 nitrogen and oxygen atoms in total. The van der Waals surface area contributed by atoms with Crippen molar-refractivity contribution in [2.24, 2.45) is 4.99 Å². The van der Waals surface area contributed by atoms with Gasteiger partial charge >= 0.3 is 0 Å². The van der Waals surface area contributed by atoms with Crippen molar-refractivity contribution in [2.45, 2.75) is 18.9 Å². The molecule has 4 heteroatoms. The van der Waals surface area contributed by atoms with E-state index in [1.165, 1.54) is 0 Å². The minimum Gasteiger partial charge on any atom is -0.314 e. The monoisotopic (exact) mass is 153 g/mol. The first-order valence-electron chi connectivity index (χ1n) is 3.82. The van der Waals surface area contributed by atoms with E-state index in [4.69, 9.17) is 0 Å². The smallest absolute Gasteiger partial charge is 0.254 e. The quantitative estimate of drug-likeness (QED) is 0.482. The molecule has 0 bridgehead atoms.